The van der Waals surface area contributed by atoms with E-state index in [1.54, 1.807) is 44.2 Å². The van der Waals surface area contributed by atoms with Crippen molar-refractivity contribution in [1.29, 1.82) is 0 Å². The van der Waals surface area contributed by atoms with Gasteiger partial charge >= 0.3 is 0 Å². The molecule has 4 rings (SSSR count). The molecule has 1 aliphatic rings. The lowest BCUT2D eigenvalue weighted by Crippen LogP contribution is -2.32. The second-order valence-electron chi connectivity index (χ2n) is 8.90. The third kappa shape index (κ3) is 5.50. The van der Waals surface area contributed by atoms with Crippen LogP contribution in [0.15, 0.2) is 72.3 Å². The van der Waals surface area contributed by atoms with Gasteiger partial charge in [-0.3, -0.25) is 9.59 Å². The van der Waals surface area contributed by atoms with E-state index in [-0.39, 0.29) is 36.0 Å². The summed E-state index contributed by atoms with van der Waals surface area (Å²) >= 11 is 0. The molecule has 3 aromatic carbocycles. The van der Waals surface area contributed by atoms with Gasteiger partial charge in [0.05, 0.1) is 24.8 Å². The molecule has 8 heteroatoms. The number of methoxy groups -OCH3 is 1. The van der Waals surface area contributed by atoms with Crippen LogP contribution in [0, 0.1) is 6.92 Å². The highest BCUT2D eigenvalue weighted by atomic mass is 16.5. The summed E-state index contributed by atoms with van der Waals surface area (Å²) in [5.74, 6) is -1.05. The fourth-order valence-electron chi connectivity index (χ4n) is 4.50. The van der Waals surface area contributed by atoms with E-state index in [1.807, 2.05) is 30.3 Å². The van der Waals surface area contributed by atoms with Gasteiger partial charge in [0.25, 0.3) is 11.7 Å². The van der Waals surface area contributed by atoms with Crippen LogP contribution < -0.4 is 9.47 Å². The largest absolute Gasteiger partial charge is 0.507 e. The van der Waals surface area contributed by atoms with Crippen LogP contribution in [0.4, 0.5) is 0 Å². The van der Waals surface area contributed by atoms with E-state index in [0.29, 0.717) is 35.7 Å². The average molecular weight is 518 g/mol. The minimum Gasteiger partial charge on any atom is -0.507 e. The number of aliphatic hydroxyl groups excluding tert-OH is 1. The Hall–Kier alpha value is -4.30. The zero-order chi connectivity index (χ0) is 27.2. The SMILES string of the molecule is CCOc1cc([C@@H]2C(=C(O)c3ccc(OCc4ccccc4)cc3C)C(=O)C(=O)N2CCOC)ccc1O. The molecule has 2 N–H and O–H groups in total. The molecular formula is C30H31NO7. The smallest absolute Gasteiger partial charge is 0.295 e. The number of Topliss-reactive ketones (excluding diaryl/α,β-unsaturated/α-hetero) is 1. The number of amides is 1. The van der Waals surface area contributed by atoms with Crippen molar-refractivity contribution in [2.45, 2.75) is 26.5 Å². The lowest BCUT2D eigenvalue weighted by atomic mass is 9.93. The standard InChI is InChI=1S/C30H31NO7/c1-4-37-25-17-21(10-13-24(25)32)27-26(29(34)30(35)31(27)14-15-36-3)28(33)23-12-11-22(16-19(23)2)38-18-20-8-6-5-7-9-20/h5-13,16-17,27,32-33H,4,14-15,18H2,1-3H3/t27-/m1/s1. The molecule has 0 aromatic heterocycles. The lowest BCUT2D eigenvalue weighted by Gasteiger charge is -2.25. The maximum absolute atomic E-state index is 13.2. The summed E-state index contributed by atoms with van der Waals surface area (Å²) in [6.07, 6.45) is 0. The van der Waals surface area contributed by atoms with Crippen LogP contribution in [-0.4, -0.2) is 53.7 Å². The van der Waals surface area contributed by atoms with E-state index in [4.69, 9.17) is 14.2 Å². The van der Waals surface area contributed by atoms with Crippen LogP contribution >= 0.6 is 0 Å². The highest BCUT2D eigenvalue weighted by Crippen LogP contribution is 2.42. The molecule has 198 valence electrons. The first-order valence-corrected chi connectivity index (χ1v) is 12.4. The molecule has 0 spiro atoms. The first kappa shape index (κ1) is 26.8. The maximum Gasteiger partial charge on any atom is 0.295 e. The number of ether oxygens (including phenoxy) is 3. The summed E-state index contributed by atoms with van der Waals surface area (Å²) < 4.78 is 16.6. The van der Waals surface area contributed by atoms with Crippen molar-refractivity contribution < 1.29 is 34.0 Å². The molecule has 1 saturated heterocycles. The van der Waals surface area contributed by atoms with Crippen molar-refractivity contribution in [2.24, 2.45) is 0 Å². The van der Waals surface area contributed by atoms with Crippen molar-refractivity contribution >= 4 is 17.4 Å². The average Bonchev–Trinajstić information content (AvgIpc) is 3.17. The van der Waals surface area contributed by atoms with Crippen molar-refractivity contribution in [3.05, 3.63) is 94.6 Å². The van der Waals surface area contributed by atoms with Crippen LogP contribution in [0.1, 0.15) is 35.2 Å². The minimum atomic E-state index is -0.890. The molecule has 1 fully saturated rings. The van der Waals surface area contributed by atoms with E-state index < -0.39 is 17.7 Å². The summed E-state index contributed by atoms with van der Waals surface area (Å²) in [5.41, 5.74) is 2.59. The Morgan fingerprint density at radius 1 is 1.00 bits per heavy atom. The van der Waals surface area contributed by atoms with Crippen molar-refractivity contribution in [1.82, 2.24) is 4.90 Å². The molecule has 1 aliphatic heterocycles. The number of carbonyl (C=O) groups is 2. The highest BCUT2D eigenvalue weighted by Gasteiger charge is 2.46. The number of aliphatic hydroxyl groups is 1. The Kier molecular flexibility index (Phi) is 8.33. The molecule has 1 amide bonds. The molecule has 3 aromatic rings. The Morgan fingerprint density at radius 2 is 1.76 bits per heavy atom. The molecule has 0 bridgehead atoms. The van der Waals surface area contributed by atoms with Crippen LogP contribution in [0.3, 0.4) is 0 Å². The first-order valence-electron chi connectivity index (χ1n) is 12.4. The number of phenols is 1. The number of hydrogen-bond acceptors (Lipinski definition) is 7. The van der Waals surface area contributed by atoms with Gasteiger partial charge in [-0.1, -0.05) is 36.4 Å². The second-order valence-corrected chi connectivity index (χ2v) is 8.90. The van der Waals surface area contributed by atoms with Gasteiger partial charge in [-0.2, -0.15) is 0 Å². The van der Waals surface area contributed by atoms with E-state index in [0.717, 1.165) is 5.56 Å². The van der Waals surface area contributed by atoms with Gasteiger partial charge in [0.2, 0.25) is 0 Å². The molecule has 1 atom stereocenters. The third-order valence-electron chi connectivity index (χ3n) is 6.38. The number of aromatic hydroxyl groups is 1. The molecule has 0 radical (unpaired) electrons. The predicted octanol–water partition coefficient (Wildman–Crippen LogP) is 4.75. The van der Waals surface area contributed by atoms with Gasteiger partial charge in [0, 0.05) is 19.2 Å². The fourth-order valence-corrected chi connectivity index (χ4v) is 4.50. The van der Waals surface area contributed by atoms with Gasteiger partial charge in [-0.05, 0) is 60.9 Å². The van der Waals surface area contributed by atoms with Crippen LogP contribution in [-0.2, 0) is 20.9 Å². The molecule has 38 heavy (non-hydrogen) atoms. The first-order chi connectivity index (χ1) is 18.3. The van der Waals surface area contributed by atoms with Gasteiger partial charge in [-0.25, -0.2) is 0 Å². The number of hydrogen-bond donors (Lipinski definition) is 2. The van der Waals surface area contributed by atoms with Crippen LogP contribution in [0.2, 0.25) is 0 Å². The summed E-state index contributed by atoms with van der Waals surface area (Å²) in [5, 5.41) is 21.6. The van der Waals surface area contributed by atoms with Gasteiger partial charge < -0.3 is 29.3 Å². The van der Waals surface area contributed by atoms with Gasteiger partial charge in [0.15, 0.2) is 11.5 Å². The quantitative estimate of drug-likeness (QED) is 0.227. The molecule has 0 saturated carbocycles. The number of aryl methyl sites for hydroxylation is 1. The van der Waals surface area contributed by atoms with Gasteiger partial charge in [-0.15, -0.1) is 0 Å². The Labute approximate surface area is 221 Å². The Balaban J connectivity index is 1.73. The molecule has 0 unspecified atom stereocenters. The molecule has 8 nitrogen and oxygen atoms in total. The topological polar surface area (TPSA) is 106 Å². The van der Waals surface area contributed by atoms with E-state index >= 15 is 0 Å². The monoisotopic (exact) mass is 517 g/mol. The highest BCUT2D eigenvalue weighted by molar-refractivity contribution is 6.46. The maximum atomic E-state index is 13.2. The summed E-state index contributed by atoms with van der Waals surface area (Å²) in [7, 11) is 1.50. The zero-order valence-electron chi connectivity index (χ0n) is 21.6. The minimum absolute atomic E-state index is 0.0414. The normalized spacial score (nSPS) is 16.6. The van der Waals surface area contributed by atoms with Crippen molar-refractivity contribution in [3.8, 4) is 17.2 Å². The van der Waals surface area contributed by atoms with Crippen molar-refractivity contribution in [3.63, 3.8) is 0 Å². The van der Waals surface area contributed by atoms with Crippen molar-refractivity contribution in [2.75, 3.05) is 26.9 Å². The number of phenolic OH excluding ortho intramolecular Hbond substituents is 1. The molecule has 1 heterocycles. The summed E-state index contributed by atoms with van der Waals surface area (Å²) in [6.45, 7) is 4.63. The summed E-state index contributed by atoms with van der Waals surface area (Å²) in [4.78, 5) is 27.7. The van der Waals surface area contributed by atoms with E-state index in [1.165, 1.54) is 18.1 Å². The molecule has 0 aliphatic carbocycles. The number of carbonyl (C=O) groups excluding carboxylic acids is 2. The number of likely N-dealkylation sites (tertiary alicyclic amines) is 1. The number of benzene rings is 3. The third-order valence-corrected chi connectivity index (χ3v) is 6.38. The zero-order valence-corrected chi connectivity index (χ0v) is 21.6. The van der Waals surface area contributed by atoms with Crippen LogP contribution in [0.5, 0.6) is 17.2 Å². The Morgan fingerprint density at radius 3 is 2.45 bits per heavy atom. The fraction of sp³-hybridized carbons (Fsp3) is 0.267. The van der Waals surface area contributed by atoms with Crippen LogP contribution in [0.25, 0.3) is 5.76 Å². The van der Waals surface area contributed by atoms with E-state index in [9.17, 15) is 19.8 Å². The molecular weight excluding hydrogens is 486 g/mol. The predicted molar refractivity (Wildman–Crippen MR) is 142 cm³/mol. The lowest BCUT2D eigenvalue weighted by molar-refractivity contribution is -0.140. The number of rotatable bonds is 10. The van der Waals surface area contributed by atoms with Gasteiger partial charge in [0.1, 0.15) is 18.1 Å². The summed E-state index contributed by atoms with van der Waals surface area (Å²) in [6, 6.07) is 18.7. The van der Waals surface area contributed by atoms with E-state index in [2.05, 4.69) is 0 Å². The Bertz CT molecular complexity index is 1350. The number of ketones is 1. The second kappa shape index (κ2) is 11.8. The number of nitrogens with zero attached hydrogens (tertiary/aromatic N) is 1.